The summed E-state index contributed by atoms with van der Waals surface area (Å²) < 4.78 is 0. The Morgan fingerprint density at radius 2 is 1.90 bits per heavy atom. The number of rotatable bonds is 6. The average Bonchev–Trinajstić information content (AvgIpc) is 2.68. The van der Waals surface area contributed by atoms with Crippen LogP contribution in [0.5, 0.6) is 0 Å². The van der Waals surface area contributed by atoms with Crippen LogP contribution in [0.25, 0.3) is 0 Å². The van der Waals surface area contributed by atoms with Gasteiger partial charge in [0.15, 0.2) is 0 Å². The number of unbranched alkanes of at least 4 members (excludes halogenated alkanes) is 1. The molecule has 3 amide bonds. The number of hydrogen-bond acceptors (Lipinski definition) is 4. The summed E-state index contributed by atoms with van der Waals surface area (Å²) >= 11 is 0. The first-order valence-corrected chi connectivity index (χ1v) is 7.60. The highest BCUT2D eigenvalue weighted by atomic mass is 16.3. The molecule has 2 N–H and O–H groups in total. The van der Waals surface area contributed by atoms with Crippen molar-refractivity contribution >= 4 is 11.9 Å². The first-order valence-electron chi connectivity index (χ1n) is 7.60. The van der Waals surface area contributed by atoms with Crippen LogP contribution in [0.1, 0.15) is 39.0 Å². The van der Waals surface area contributed by atoms with Crippen LogP contribution in [0.15, 0.2) is 0 Å². The second-order valence-corrected chi connectivity index (χ2v) is 5.74. The maximum Gasteiger partial charge on any atom is 0.325 e. The van der Waals surface area contributed by atoms with Crippen molar-refractivity contribution in [3.8, 4) is 0 Å². The van der Waals surface area contributed by atoms with Gasteiger partial charge < -0.3 is 15.3 Å². The van der Waals surface area contributed by atoms with E-state index in [1.54, 1.807) is 0 Å². The van der Waals surface area contributed by atoms with Gasteiger partial charge in [0.05, 0.1) is 0 Å². The van der Waals surface area contributed by atoms with Crippen molar-refractivity contribution in [1.29, 1.82) is 0 Å². The Kier molecular flexibility index (Phi) is 4.99. The Bertz CT molecular complexity index is 365. The Labute approximate surface area is 120 Å². The van der Waals surface area contributed by atoms with E-state index in [0.717, 1.165) is 19.6 Å². The smallest absolute Gasteiger partial charge is 0.325 e. The molecule has 1 spiro atoms. The van der Waals surface area contributed by atoms with Crippen LogP contribution in [0.4, 0.5) is 4.79 Å². The summed E-state index contributed by atoms with van der Waals surface area (Å²) in [5, 5.41) is 11.7. The van der Waals surface area contributed by atoms with Crippen molar-refractivity contribution in [3.63, 3.8) is 0 Å². The van der Waals surface area contributed by atoms with Crippen LogP contribution >= 0.6 is 0 Å². The number of hydrogen-bond donors (Lipinski definition) is 2. The van der Waals surface area contributed by atoms with E-state index in [2.05, 4.69) is 17.1 Å². The zero-order valence-corrected chi connectivity index (χ0v) is 12.2. The maximum atomic E-state index is 12.5. The van der Waals surface area contributed by atoms with Gasteiger partial charge in [0.25, 0.3) is 5.91 Å². The maximum absolute atomic E-state index is 12.5. The highest BCUT2D eigenvalue weighted by Crippen LogP contribution is 2.29. The molecule has 20 heavy (non-hydrogen) atoms. The molecular weight excluding hydrogens is 258 g/mol. The highest BCUT2D eigenvalue weighted by Gasteiger charge is 2.51. The number of carbonyl (C=O) groups is 2. The summed E-state index contributed by atoms with van der Waals surface area (Å²) in [6, 6.07) is -0.301. The number of amides is 3. The molecule has 0 aliphatic carbocycles. The summed E-state index contributed by atoms with van der Waals surface area (Å²) in [6.07, 6.45) is 4.17. The average molecular weight is 283 g/mol. The van der Waals surface area contributed by atoms with E-state index in [9.17, 15) is 9.59 Å². The minimum Gasteiger partial charge on any atom is -0.396 e. The molecule has 2 heterocycles. The predicted molar refractivity (Wildman–Crippen MR) is 75.3 cm³/mol. The quantitative estimate of drug-likeness (QED) is 0.699. The topological polar surface area (TPSA) is 72.9 Å². The summed E-state index contributed by atoms with van der Waals surface area (Å²) in [4.78, 5) is 28.0. The molecule has 2 aliphatic rings. The number of aliphatic hydroxyl groups is 1. The fraction of sp³-hybridized carbons (Fsp3) is 0.857. The minimum absolute atomic E-state index is 0.00510. The van der Waals surface area contributed by atoms with Gasteiger partial charge in [-0.05, 0) is 32.2 Å². The monoisotopic (exact) mass is 283 g/mol. The summed E-state index contributed by atoms with van der Waals surface area (Å²) in [5.74, 6) is -0.105. The molecule has 0 aromatic heterocycles. The van der Waals surface area contributed by atoms with Crippen molar-refractivity contribution in [2.75, 3.05) is 32.8 Å². The third-order valence-corrected chi connectivity index (χ3v) is 4.32. The Morgan fingerprint density at radius 1 is 1.20 bits per heavy atom. The van der Waals surface area contributed by atoms with Crippen LogP contribution in [0.3, 0.4) is 0 Å². The molecule has 6 nitrogen and oxygen atoms in total. The zero-order chi connectivity index (χ0) is 14.6. The van der Waals surface area contributed by atoms with Crippen LogP contribution in [-0.4, -0.2) is 65.2 Å². The third-order valence-electron chi connectivity index (χ3n) is 4.32. The number of urea groups is 1. The third kappa shape index (κ3) is 2.96. The molecule has 2 saturated heterocycles. The van der Waals surface area contributed by atoms with Crippen LogP contribution in [0, 0.1) is 0 Å². The first-order chi connectivity index (χ1) is 9.63. The Balaban J connectivity index is 1.93. The van der Waals surface area contributed by atoms with Gasteiger partial charge in [-0.25, -0.2) is 4.79 Å². The molecule has 0 atom stereocenters. The van der Waals surface area contributed by atoms with Crippen LogP contribution in [0.2, 0.25) is 0 Å². The van der Waals surface area contributed by atoms with Crippen molar-refractivity contribution < 1.29 is 14.7 Å². The summed E-state index contributed by atoms with van der Waals surface area (Å²) in [7, 11) is 0. The second-order valence-electron chi connectivity index (χ2n) is 5.74. The normalized spacial score (nSPS) is 22.6. The second kappa shape index (κ2) is 6.54. The minimum atomic E-state index is -0.685. The van der Waals surface area contributed by atoms with Crippen molar-refractivity contribution in [1.82, 2.24) is 15.1 Å². The van der Waals surface area contributed by atoms with Gasteiger partial charge in [-0.2, -0.15) is 0 Å². The number of aliphatic hydroxyl groups excluding tert-OH is 1. The van der Waals surface area contributed by atoms with Gasteiger partial charge >= 0.3 is 6.03 Å². The SMILES string of the molecule is CCCCN1CCC2(CC1)NC(=O)N(CCCO)C2=O. The predicted octanol–water partition coefficient (Wildman–Crippen LogP) is 0.555. The number of carbonyl (C=O) groups excluding carboxylic acids is 2. The van der Waals surface area contributed by atoms with E-state index >= 15 is 0 Å². The largest absolute Gasteiger partial charge is 0.396 e. The lowest BCUT2D eigenvalue weighted by atomic mass is 9.87. The molecular formula is C14H25N3O3. The highest BCUT2D eigenvalue weighted by molar-refractivity contribution is 6.07. The standard InChI is InChI=1S/C14H25N3O3/c1-2-3-7-16-9-5-14(6-10-16)12(19)17(8-4-11-18)13(20)15-14/h18H,2-11H2,1H3,(H,15,20). The fourth-order valence-corrected chi connectivity index (χ4v) is 2.99. The van der Waals surface area contributed by atoms with Gasteiger partial charge in [-0.15, -0.1) is 0 Å². The first kappa shape index (κ1) is 15.3. The van der Waals surface area contributed by atoms with Crippen LogP contribution < -0.4 is 5.32 Å². The molecule has 6 heteroatoms. The number of imide groups is 1. The molecule has 0 radical (unpaired) electrons. The lowest BCUT2D eigenvalue weighted by Gasteiger charge is -2.37. The molecule has 0 saturated carbocycles. The summed E-state index contributed by atoms with van der Waals surface area (Å²) in [5.41, 5.74) is -0.685. The van der Waals surface area contributed by atoms with E-state index in [-0.39, 0.29) is 18.5 Å². The van der Waals surface area contributed by atoms with Crippen molar-refractivity contribution in [2.45, 2.75) is 44.6 Å². The Hall–Kier alpha value is -1.14. The summed E-state index contributed by atoms with van der Waals surface area (Å²) in [6.45, 7) is 5.27. The molecule has 2 rings (SSSR count). The fourth-order valence-electron chi connectivity index (χ4n) is 2.99. The van der Waals surface area contributed by atoms with E-state index < -0.39 is 5.54 Å². The molecule has 2 fully saturated rings. The lowest BCUT2D eigenvalue weighted by Crippen LogP contribution is -2.55. The van der Waals surface area contributed by atoms with Crippen molar-refractivity contribution in [2.24, 2.45) is 0 Å². The number of likely N-dealkylation sites (tertiary alicyclic amines) is 1. The lowest BCUT2D eigenvalue weighted by molar-refractivity contribution is -0.133. The van der Waals surface area contributed by atoms with Gasteiger partial charge in [0, 0.05) is 26.2 Å². The zero-order valence-electron chi connectivity index (χ0n) is 12.2. The van der Waals surface area contributed by atoms with E-state index in [1.807, 2.05) is 0 Å². The van der Waals surface area contributed by atoms with Gasteiger partial charge in [-0.1, -0.05) is 13.3 Å². The molecule has 2 aliphatic heterocycles. The number of nitrogens with zero attached hydrogens (tertiary/aromatic N) is 2. The number of nitrogens with one attached hydrogen (secondary N) is 1. The van der Waals surface area contributed by atoms with E-state index in [4.69, 9.17) is 5.11 Å². The van der Waals surface area contributed by atoms with Gasteiger partial charge in [0.2, 0.25) is 0 Å². The van der Waals surface area contributed by atoms with Crippen molar-refractivity contribution in [3.05, 3.63) is 0 Å². The molecule has 0 aromatic carbocycles. The molecule has 114 valence electrons. The molecule has 0 unspecified atom stereocenters. The Morgan fingerprint density at radius 3 is 2.50 bits per heavy atom. The van der Waals surface area contributed by atoms with E-state index in [0.29, 0.717) is 25.8 Å². The molecule has 0 aromatic rings. The number of piperidine rings is 1. The molecule has 0 bridgehead atoms. The van der Waals surface area contributed by atoms with Gasteiger partial charge in [0.1, 0.15) is 5.54 Å². The van der Waals surface area contributed by atoms with Gasteiger partial charge in [-0.3, -0.25) is 9.69 Å². The van der Waals surface area contributed by atoms with Crippen LogP contribution in [-0.2, 0) is 4.79 Å². The van der Waals surface area contributed by atoms with E-state index in [1.165, 1.54) is 17.7 Å².